The lowest BCUT2D eigenvalue weighted by Crippen LogP contribution is -2.28. The second kappa shape index (κ2) is 9.02. The van der Waals surface area contributed by atoms with E-state index in [4.69, 9.17) is 21.3 Å². The van der Waals surface area contributed by atoms with Gasteiger partial charge in [-0.2, -0.15) is 0 Å². The maximum Gasteiger partial charge on any atom is 0.314 e. The molecular weight excluding hydrogens is 368 g/mol. The Labute approximate surface area is 153 Å². The van der Waals surface area contributed by atoms with Crippen molar-refractivity contribution in [2.75, 3.05) is 6.54 Å². The molecule has 0 saturated heterocycles. The molecule has 1 saturated carbocycles. The largest absolute Gasteiger partial charge is 0.426 e. The Morgan fingerprint density at radius 2 is 1.68 bits per heavy atom. The zero-order valence-corrected chi connectivity index (χ0v) is 15.3. The van der Waals surface area contributed by atoms with Crippen molar-refractivity contribution in [3.63, 3.8) is 0 Å². The fourth-order valence-corrected chi connectivity index (χ4v) is 3.23. The van der Waals surface area contributed by atoms with Crippen molar-refractivity contribution >= 4 is 34.4 Å². The number of rotatable bonds is 5. The number of esters is 1. The van der Waals surface area contributed by atoms with Gasteiger partial charge in [-0.05, 0) is 55.9 Å². The predicted molar refractivity (Wildman–Crippen MR) is 96.8 cm³/mol. The van der Waals surface area contributed by atoms with Gasteiger partial charge < -0.3 is 16.2 Å². The van der Waals surface area contributed by atoms with Crippen molar-refractivity contribution < 1.29 is 17.9 Å². The first-order valence-electron chi connectivity index (χ1n) is 7.65. The quantitative estimate of drug-likeness (QED) is 0.292. The summed E-state index contributed by atoms with van der Waals surface area (Å²) in [5, 5.41) is 5.02. The second-order valence-electron chi connectivity index (χ2n) is 5.92. The van der Waals surface area contributed by atoms with Crippen molar-refractivity contribution in [3.05, 3.63) is 24.3 Å². The molecule has 0 aliphatic heterocycles. The summed E-state index contributed by atoms with van der Waals surface area (Å²) in [6, 6.07) is 5.46. The Morgan fingerprint density at radius 1 is 1.12 bits per heavy atom. The van der Waals surface area contributed by atoms with E-state index in [-0.39, 0.29) is 35.1 Å². The van der Waals surface area contributed by atoms with Crippen LogP contribution >= 0.6 is 12.4 Å². The minimum atomic E-state index is -3.76. The Kier molecular flexibility index (Phi) is 7.65. The van der Waals surface area contributed by atoms with Crippen LogP contribution in [0.2, 0.25) is 0 Å². The van der Waals surface area contributed by atoms with Gasteiger partial charge in [0.2, 0.25) is 10.0 Å². The van der Waals surface area contributed by atoms with Gasteiger partial charge in [0.15, 0.2) is 5.96 Å². The molecule has 0 unspecified atom stereocenters. The van der Waals surface area contributed by atoms with Gasteiger partial charge in [-0.3, -0.25) is 9.79 Å². The van der Waals surface area contributed by atoms with Crippen molar-refractivity contribution in [2.24, 2.45) is 33.4 Å². The van der Waals surface area contributed by atoms with E-state index in [0.717, 1.165) is 25.7 Å². The van der Waals surface area contributed by atoms with Gasteiger partial charge >= 0.3 is 5.97 Å². The summed E-state index contributed by atoms with van der Waals surface area (Å²) in [6.07, 6.45) is 3.17. The van der Waals surface area contributed by atoms with Crippen LogP contribution in [-0.4, -0.2) is 26.9 Å². The van der Waals surface area contributed by atoms with Gasteiger partial charge in [0, 0.05) is 6.54 Å². The van der Waals surface area contributed by atoms with Crippen molar-refractivity contribution in [1.82, 2.24) is 0 Å². The zero-order valence-electron chi connectivity index (χ0n) is 13.6. The van der Waals surface area contributed by atoms with Crippen molar-refractivity contribution in [1.29, 1.82) is 0 Å². The topological polar surface area (TPSA) is 151 Å². The van der Waals surface area contributed by atoms with E-state index in [2.05, 4.69) is 4.99 Å². The molecule has 1 aliphatic rings. The molecule has 1 aromatic carbocycles. The number of benzene rings is 1. The average Bonchev–Trinajstić information content (AvgIpc) is 2.53. The molecule has 0 radical (unpaired) electrons. The summed E-state index contributed by atoms with van der Waals surface area (Å²) in [6.45, 7) is 0.582. The number of hydrogen-bond acceptors (Lipinski definition) is 5. The van der Waals surface area contributed by atoms with E-state index in [1.165, 1.54) is 24.3 Å². The van der Waals surface area contributed by atoms with Crippen LogP contribution in [-0.2, 0) is 14.8 Å². The van der Waals surface area contributed by atoms with Crippen LogP contribution in [0.25, 0.3) is 0 Å². The highest BCUT2D eigenvalue weighted by molar-refractivity contribution is 7.89. The first-order chi connectivity index (χ1) is 11.3. The molecule has 140 valence electrons. The Bertz CT molecular complexity index is 710. The van der Waals surface area contributed by atoms with Crippen LogP contribution in [0.4, 0.5) is 0 Å². The van der Waals surface area contributed by atoms with Crippen LogP contribution in [0.5, 0.6) is 5.75 Å². The molecule has 25 heavy (non-hydrogen) atoms. The molecule has 0 atom stereocenters. The van der Waals surface area contributed by atoms with Crippen LogP contribution in [0.3, 0.4) is 0 Å². The highest BCUT2D eigenvalue weighted by Crippen LogP contribution is 2.30. The lowest BCUT2D eigenvalue weighted by atomic mass is 9.82. The third kappa shape index (κ3) is 6.52. The Balaban J connectivity index is 0.00000312. The molecule has 0 spiro atoms. The molecule has 0 heterocycles. The number of aliphatic imine (C=N–C) groups is 1. The number of carbonyl (C=O) groups excluding carboxylic acids is 1. The summed E-state index contributed by atoms with van der Waals surface area (Å²) >= 11 is 0. The number of sulfonamides is 1. The number of hydrogen-bond donors (Lipinski definition) is 3. The molecule has 1 fully saturated rings. The summed E-state index contributed by atoms with van der Waals surface area (Å²) < 4.78 is 27.7. The number of primary sulfonamides is 1. The van der Waals surface area contributed by atoms with Gasteiger partial charge in [0.05, 0.1) is 10.8 Å². The third-order valence-corrected chi connectivity index (χ3v) is 5.01. The smallest absolute Gasteiger partial charge is 0.314 e. The first kappa shape index (κ1) is 21.2. The van der Waals surface area contributed by atoms with Gasteiger partial charge in [0.25, 0.3) is 0 Å². The van der Waals surface area contributed by atoms with Gasteiger partial charge in [-0.15, -0.1) is 12.4 Å². The van der Waals surface area contributed by atoms with Gasteiger partial charge in [-0.1, -0.05) is 0 Å². The highest BCUT2D eigenvalue weighted by Gasteiger charge is 2.27. The van der Waals surface area contributed by atoms with E-state index in [1.54, 1.807) is 0 Å². The fraction of sp³-hybridized carbons (Fsp3) is 0.467. The average molecular weight is 391 g/mol. The van der Waals surface area contributed by atoms with E-state index < -0.39 is 10.0 Å². The SMILES string of the molecule is Cl.NC(N)=NCC1CCC(C(=O)Oc2ccc(S(N)(=O)=O)cc2)CC1. The van der Waals surface area contributed by atoms with Gasteiger partial charge in [-0.25, -0.2) is 13.6 Å². The molecule has 8 nitrogen and oxygen atoms in total. The highest BCUT2D eigenvalue weighted by atomic mass is 35.5. The summed E-state index contributed by atoms with van der Waals surface area (Å²) in [4.78, 5) is 16.2. The van der Waals surface area contributed by atoms with Crippen molar-refractivity contribution in [3.8, 4) is 5.75 Å². The number of nitrogens with zero attached hydrogens (tertiary/aromatic N) is 1. The minimum absolute atomic E-state index is 0. The summed E-state index contributed by atoms with van der Waals surface area (Å²) in [5.74, 6) is 0.289. The Morgan fingerprint density at radius 3 is 2.16 bits per heavy atom. The normalized spacial score (nSPS) is 20.2. The molecule has 0 bridgehead atoms. The molecule has 1 aliphatic carbocycles. The summed E-state index contributed by atoms with van der Waals surface area (Å²) in [7, 11) is -3.76. The lowest BCUT2D eigenvalue weighted by molar-refractivity contribution is -0.140. The maximum absolute atomic E-state index is 12.2. The predicted octanol–water partition coefficient (Wildman–Crippen LogP) is 0.741. The molecule has 10 heteroatoms. The van der Waals surface area contributed by atoms with E-state index in [9.17, 15) is 13.2 Å². The fourth-order valence-electron chi connectivity index (χ4n) is 2.71. The number of nitrogens with two attached hydrogens (primary N) is 3. The molecule has 2 rings (SSSR count). The standard InChI is InChI=1S/C15H22N4O4S.ClH/c16-15(17)19-9-10-1-3-11(4-2-10)14(20)23-12-5-7-13(8-6-12)24(18,21)22;/h5-8,10-11H,1-4,9H2,(H4,16,17,19)(H2,18,21,22);1H. The maximum atomic E-state index is 12.2. The van der Waals surface area contributed by atoms with E-state index in [1.807, 2.05) is 0 Å². The number of halogens is 1. The summed E-state index contributed by atoms with van der Waals surface area (Å²) in [5.41, 5.74) is 10.6. The molecule has 0 aromatic heterocycles. The van der Waals surface area contributed by atoms with E-state index >= 15 is 0 Å². The molecule has 6 N–H and O–H groups in total. The first-order valence-corrected chi connectivity index (χ1v) is 9.20. The zero-order chi connectivity index (χ0) is 17.7. The van der Waals surface area contributed by atoms with Gasteiger partial charge in [0.1, 0.15) is 5.75 Å². The van der Waals surface area contributed by atoms with Crippen LogP contribution in [0, 0.1) is 11.8 Å². The van der Waals surface area contributed by atoms with E-state index in [0.29, 0.717) is 18.2 Å². The lowest BCUT2D eigenvalue weighted by Gasteiger charge is -2.26. The monoisotopic (exact) mass is 390 g/mol. The Hall–Kier alpha value is -1.84. The number of ether oxygens (including phenoxy) is 1. The third-order valence-electron chi connectivity index (χ3n) is 4.08. The number of guanidine groups is 1. The second-order valence-corrected chi connectivity index (χ2v) is 7.48. The minimum Gasteiger partial charge on any atom is -0.426 e. The van der Waals surface area contributed by atoms with Crippen LogP contribution < -0.4 is 21.3 Å². The van der Waals surface area contributed by atoms with Crippen LogP contribution in [0.15, 0.2) is 34.2 Å². The molecule has 1 aromatic rings. The van der Waals surface area contributed by atoms with Crippen LogP contribution in [0.1, 0.15) is 25.7 Å². The molecule has 0 amide bonds. The van der Waals surface area contributed by atoms with Crippen molar-refractivity contribution in [2.45, 2.75) is 30.6 Å². The number of carbonyl (C=O) groups is 1. The molecular formula is C15H23ClN4O4S.